The second-order valence-electron chi connectivity index (χ2n) is 5.23. The minimum Gasteiger partial charge on any atom is -0.390 e. The molecule has 1 unspecified atom stereocenters. The van der Waals surface area contributed by atoms with Crippen LogP contribution in [0.4, 0.5) is 0 Å². The van der Waals surface area contributed by atoms with Crippen LogP contribution in [-0.2, 0) is 4.74 Å². The van der Waals surface area contributed by atoms with Gasteiger partial charge in [-0.05, 0) is 38.0 Å². The monoisotopic (exact) mass is 214 g/mol. The smallest absolute Gasteiger partial charge is 0.0669 e. The van der Waals surface area contributed by atoms with Gasteiger partial charge in [-0.1, -0.05) is 26.2 Å². The van der Waals surface area contributed by atoms with Gasteiger partial charge in [-0.2, -0.15) is 0 Å². The number of methoxy groups -OCH3 is 1. The van der Waals surface area contributed by atoms with E-state index in [1.54, 1.807) is 7.11 Å². The first-order chi connectivity index (χ1) is 7.10. The molecule has 0 heterocycles. The lowest BCUT2D eigenvalue weighted by atomic mass is 9.72. The Morgan fingerprint density at radius 1 is 1.27 bits per heavy atom. The molecule has 1 atom stereocenters. The maximum absolute atomic E-state index is 10.3. The molecule has 1 aliphatic rings. The highest BCUT2D eigenvalue weighted by Gasteiger charge is 2.34. The van der Waals surface area contributed by atoms with Gasteiger partial charge in [0.1, 0.15) is 0 Å². The van der Waals surface area contributed by atoms with Gasteiger partial charge in [-0.15, -0.1) is 0 Å². The number of ether oxygens (including phenoxy) is 1. The molecule has 1 fully saturated rings. The lowest BCUT2D eigenvalue weighted by Crippen LogP contribution is -2.38. The molecule has 0 radical (unpaired) electrons. The molecule has 0 aromatic rings. The van der Waals surface area contributed by atoms with Crippen molar-refractivity contribution in [1.29, 1.82) is 0 Å². The summed E-state index contributed by atoms with van der Waals surface area (Å²) in [5, 5.41) is 10.3. The van der Waals surface area contributed by atoms with Crippen molar-refractivity contribution < 1.29 is 9.84 Å². The normalized spacial score (nSPS) is 31.2. The van der Waals surface area contributed by atoms with Crippen molar-refractivity contribution in [2.45, 2.75) is 58.0 Å². The fraction of sp³-hybridized carbons (Fsp3) is 1.00. The average molecular weight is 214 g/mol. The second kappa shape index (κ2) is 5.86. The maximum Gasteiger partial charge on any atom is 0.0669 e. The summed E-state index contributed by atoms with van der Waals surface area (Å²) in [5.74, 6) is 1.38. The molecule has 15 heavy (non-hydrogen) atoms. The molecule has 1 rings (SSSR count). The van der Waals surface area contributed by atoms with E-state index in [0.717, 1.165) is 12.3 Å². The molecule has 0 aromatic heterocycles. The summed E-state index contributed by atoms with van der Waals surface area (Å²) in [6, 6.07) is 0. The van der Waals surface area contributed by atoms with Crippen LogP contribution in [0.5, 0.6) is 0 Å². The van der Waals surface area contributed by atoms with Crippen molar-refractivity contribution in [3.05, 3.63) is 0 Å². The Morgan fingerprint density at radius 2 is 1.87 bits per heavy atom. The van der Waals surface area contributed by atoms with Crippen LogP contribution < -0.4 is 0 Å². The molecule has 0 aliphatic heterocycles. The van der Waals surface area contributed by atoms with Crippen LogP contribution >= 0.6 is 0 Å². The number of rotatable bonds is 5. The summed E-state index contributed by atoms with van der Waals surface area (Å²) in [6.07, 6.45) is 7.04. The molecule has 0 saturated heterocycles. The van der Waals surface area contributed by atoms with E-state index in [1.165, 1.54) is 32.1 Å². The second-order valence-corrected chi connectivity index (χ2v) is 5.23. The maximum atomic E-state index is 10.3. The van der Waals surface area contributed by atoms with Crippen LogP contribution in [0.1, 0.15) is 52.4 Å². The van der Waals surface area contributed by atoms with Crippen LogP contribution in [0, 0.1) is 11.8 Å². The van der Waals surface area contributed by atoms with Crippen LogP contribution in [-0.4, -0.2) is 24.4 Å². The van der Waals surface area contributed by atoms with Crippen molar-refractivity contribution in [3.8, 4) is 0 Å². The third-order valence-corrected chi connectivity index (χ3v) is 4.12. The predicted molar refractivity (Wildman–Crippen MR) is 62.9 cm³/mol. The Morgan fingerprint density at radius 3 is 2.33 bits per heavy atom. The van der Waals surface area contributed by atoms with Gasteiger partial charge in [0.2, 0.25) is 0 Å². The van der Waals surface area contributed by atoms with Crippen molar-refractivity contribution in [1.82, 2.24) is 0 Å². The van der Waals surface area contributed by atoms with E-state index in [2.05, 4.69) is 6.92 Å². The molecule has 0 amide bonds. The zero-order chi connectivity index (χ0) is 11.3. The van der Waals surface area contributed by atoms with E-state index in [1.807, 2.05) is 6.92 Å². The molecule has 1 N–H and O–H groups in total. The van der Waals surface area contributed by atoms with E-state index in [0.29, 0.717) is 12.5 Å². The van der Waals surface area contributed by atoms with Gasteiger partial charge < -0.3 is 9.84 Å². The van der Waals surface area contributed by atoms with Gasteiger partial charge in [-0.25, -0.2) is 0 Å². The van der Waals surface area contributed by atoms with Gasteiger partial charge in [0.25, 0.3) is 0 Å². The minimum absolute atomic E-state index is 0.482. The van der Waals surface area contributed by atoms with Crippen molar-refractivity contribution in [3.63, 3.8) is 0 Å². The molecular weight excluding hydrogens is 188 g/mol. The minimum atomic E-state index is -0.519. The molecule has 1 aliphatic carbocycles. The van der Waals surface area contributed by atoms with E-state index in [4.69, 9.17) is 4.74 Å². The molecule has 1 saturated carbocycles. The summed E-state index contributed by atoms with van der Waals surface area (Å²) in [7, 11) is 1.70. The number of hydrogen-bond acceptors (Lipinski definition) is 2. The van der Waals surface area contributed by atoms with Crippen LogP contribution in [0.15, 0.2) is 0 Å². The quantitative estimate of drug-likeness (QED) is 0.762. The third kappa shape index (κ3) is 3.76. The topological polar surface area (TPSA) is 29.5 Å². The molecule has 0 spiro atoms. The molecule has 2 heteroatoms. The van der Waals surface area contributed by atoms with Crippen molar-refractivity contribution in [2.75, 3.05) is 13.7 Å². The molecule has 0 bridgehead atoms. The molecule has 90 valence electrons. The Labute approximate surface area is 94.0 Å². The summed E-state index contributed by atoms with van der Waals surface area (Å²) in [6.45, 7) is 4.91. The van der Waals surface area contributed by atoms with E-state index >= 15 is 0 Å². The zero-order valence-corrected chi connectivity index (χ0v) is 10.5. The van der Waals surface area contributed by atoms with Crippen LogP contribution in [0.2, 0.25) is 0 Å². The number of hydrogen-bond donors (Lipinski definition) is 1. The highest BCUT2D eigenvalue weighted by molar-refractivity contribution is 4.85. The highest BCUT2D eigenvalue weighted by Crippen LogP contribution is 2.37. The van der Waals surface area contributed by atoms with Crippen molar-refractivity contribution in [2.24, 2.45) is 11.8 Å². The fourth-order valence-corrected chi connectivity index (χ4v) is 2.71. The van der Waals surface area contributed by atoms with E-state index < -0.39 is 5.60 Å². The van der Waals surface area contributed by atoms with Gasteiger partial charge in [-0.3, -0.25) is 0 Å². The first kappa shape index (κ1) is 13.0. The molecule has 0 aromatic carbocycles. The van der Waals surface area contributed by atoms with Crippen molar-refractivity contribution >= 4 is 0 Å². The van der Waals surface area contributed by atoms with Gasteiger partial charge in [0.05, 0.1) is 5.60 Å². The van der Waals surface area contributed by atoms with Gasteiger partial charge >= 0.3 is 0 Å². The van der Waals surface area contributed by atoms with E-state index in [9.17, 15) is 5.11 Å². The fourth-order valence-electron chi connectivity index (χ4n) is 2.71. The summed E-state index contributed by atoms with van der Waals surface area (Å²) in [4.78, 5) is 0. The SMILES string of the molecule is CCC1CCC(C(C)(O)CCOC)CC1. The molecular formula is C13H26O2. The standard InChI is InChI=1S/C13H26O2/c1-4-11-5-7-12(8-6-11)13(2,14)9-10-15-3/h11-12,14H,4-10H2,1-3H3. The zero-order valence-electron chi connectivity index (χ0n) is 10.5. The number of aliphatic hydroxyl groups is 1. The van der Waals surface area contributed by atoms with E-state index in [-0.39, 0.29) is 0 Å². The summed E-state index contributed by atoms with van der Waals surface area (Å²) >= 11 is 0. The van der Waals surface area contributed by atoms with Crippen LogP contribution in [0.3, 0.4) is 0 Å². The molecule has 2 nitrogen and oxygen atoms in total. The first-order valence-corrected chi connectivity index (χ1v) is 6.31. The highest BCUT2D eigenvalue weighted by atomic mass is 16.5. The third-order valence-electron chi connectivity index (χ3n) is 4.12. The Kier molecular flexibility index (Phi) is 5.07. The lowest BCUT2D eigenvalue weighted by molar-refractivity contribution is -0.0433. The van der Waals surface area contributed by atoms with Gasteiger partial charge in [0.15, 0.2) is 0 Å². The Bertz CT molecular complexity index is 169. The summed E-state index contributed by atoms with van der Waals surface area (Å²) in [5.41, 5.74) is -0.519. The first-order valence-electron chi connectivity index (χ1n) is 6.31. The van der Waals surface area contributed by atoms with Gasteiger partial charge in [0, 0.05) is 13.7 Å². The lowest BCUT2D eigenvalue weighted by Gasteiger charge is -2.38. The van der Waals surface area contributed by atoms with Crippen LogP contribution in [0.25, 0.3) is 0 Å². The predicted octanol–water partition coefficient (Wildman–Crippen LogP) is 2.99. The average Bonchev–Trinajstić information content (AvgIpc) is 2.26. The largest absolute Gasteiger partial charge is 0.390 e. The Balaban J connectivity index is 2.37. The summed E-state index contributed by atoms with van der Waals surface area (Å²) < 4.78 is 5.05. The Hall–Kier alpha value is -0.0800.